The van der Waals surface area contributed by atoms with Crippen LogP contribution in [0.1, 0.15) is 213 Å². The van der Waals surface area contributed by atoms with Crippen molar-refractivity contribution in [3.8, 4) is 23.0 Å². The number of aliphatic hydroxyl groups is 1. The molecule has 2 amide bonds. The number of carbonyl (C=O) groups is 2. The smallest absolute Gasteiger partial charge is 0.471 e. The number of unbranched alkanes of at least 4 members (excludes halogenated alkanes) is 10. The van der Waals surface area contributed by atoms with Crippen LogP contribution in [0.2, 0.25) is 0 Å². The summed E-state index contributed by atoms with van der Waals surface area (Å²) in [5.41, 5.74) is 3.37. The molecular weight excluding hydrogens is 1610 g/mol. The topological polar surface area (TPSA) is 180 Å². The maximum atomic E-state index is 12.5. The minimum atomic E-state index is -4.87. The van der Waals surface area contributed by atoms with Gasteiger partial charge in [-0.15, -0.1) is 0 Å². The van der Waals surface area contributed by atoms with Crippen molar-refractivity contribution in [1.82, 2.24) is 24.9 Å². The molecule has 0 radical (unpaired) electrons. The second-order valence-corrected chi connectivity index (χ2v) is 33.8. The largest absolute Gasteiger partial charge is 0.497 e. The first kappa shape index (κ1) is 107. The third-order valence-electron chi connectivity index (χ3n) is 19.6. The minimum Gasteiger partial charge on any atom is -0.497 e. The molecule has 0 aliphatic rings. The molecule has 668 valence electrons. The fraction of sp³-hybridized carbons (Fsp3) is 0.565. The SMILES string of the molecule is CCN(C(C)C)C(C)C.COc1ccc(C(OCC(O)CCCCCCCCNC(=O)C(F)(F)F)(c2ccccc2)c2ccc(OC)cc2)cc1.[C-]#[N+]CCOP(Cl)N(C(C)C)C(C)C.[C-]#[N+]CCOP(OC(CCCCCCCCNC(=O)C(F)(F)F)COC(c1ccccc1)(c1ccc(OC)cc1)c1ccc(OC)cc1)N(C(C)C)C(C)C. The van der Waals surface area contributed by atoms with E-state index in [0.717, 1.165) is 121 Å². The van der Waals surface area contributed by atoms with E-state index in [1.165, 1.54) is 0 Å². The third kappa shape index (κ3) is 37.5. The number of benzene rings is 6. The van der Waals surface area contributed by atoms with E-state index >= 15 is 0 Å². The van der Waals surface area contributed by atoms with Crippen LogP contribution in [0, 0.1) is 13.1 Å². The van der Waals surface area contributed by atoms with Crippen LogP contribution in [0.4, 0.5) is 26.3 Å². The zero-order valence-corrected chi connectivity index (χ0v) is 76.2. The summed E-state index contributed by atoms with van der Waals surface area (Å²) in [5, 5.41) is 14.7. The van der Waals surface area contributed by atoms with Crippen LogP contribution in [0.5, 0.6) is 23.0 Å². The quantitative estimate of drug-likeness (QED) is 0.0108. The molecule has 0 aromatic heterocycles. The van der Waals surface area contributed by atoms with Gasteiger partial charge < -0.3 is 67.4 Å². The van der Waals surface area contributed by atoms with Crippen molar-refractivity contribution in [3.05, 3.63) is 214 Å². The summed E-state index contributed by atoms with van der Waals surface area (Å²) < 4.78 is 133. The number of hydrogen-bond donors (Lipinski definition) is 3. The van der Waals surface area contributed by atoms with Crippen molar-refractivity contribution in [2.75, 3.05) is 87.6 Å². The summed E-state index contributed by atoms with van der Waals surface area (Å²) >= 11 is 6.14. The summed E-state index contributed by atoms with van der Waals surface area (Å²) in [4.78, 5) is 31.1. The Labute approximate surface area is 719 Å². The van der Waals surface area contributed by atoms with E-state index in [1.807, 2.05) is 156 Å². The molecule has 0 aliphatic heterocycles. The molecule has 0 fully saturated rings. The summed E-state index contributed by atoms with van der Waals surface area (Å²) in [6.45, 7) is 44.6. The standard InChI is InChI=1S/C42H57F3N3O6P.C33H40F3NO5.C9H18ClN2OP.C8H19N/c1-32(2)48(33(3)4)55(53-30-29-46-5)54-39(19-15-10-8-9-11-16-28-47-40(49)42(43,44)45)31-52-41(34-17-13-12-14-18-34,35-20-24-37(50-6)25-21-35)36-22-26-38(51-7)27-23-36;1-40-29-19-15-26(16-20-29)32(25-12-8-7-9-13-25,27-17-21-30(41-2)22-18-27)42-24-28(38)14-10-5-3-4-6-11-23-37-31(39)33(34,35)36;1-8(2)12(9(3)4)14(10)13-7-6-11-5;1-6-9(7(2)3)8(4)5/h12-14,17-18,20-27,32-33,39H,8-11,15-16,19,28-31H2,1-4,6-7H3,(H,47,49);7-9,12-13,15-22,28,38H,3-6,10-11,14,23-24H2,1-2H3,(H,37,39);8-9H,6-7H2,1-4H3;7-8H,6H2,1-5H3. The average molecular weight is 1740 g/mol. The number of amides is 2. The van der Waals surface area contributed by atoms with Crippen LogP contribution in [-0.2, 0) is 43.8 Å². The molecule has 120 heavy (non-hydrogen) atoms. The van der Waals surface area contributed by atoms with Crippen molar-refractivity contribution in [2.24, 2.45) is 0 Å². The van der Waals surface area contributed by atoms with Gasteiger partial charge in [0, 0.05) is 49.3 Å². The predicted octanol–water partition coefficient (Wildman–Crippen LogP) is 22.5. The van der Waals surface area contributed by atoms with Crippen molar-refractivity contribution in [3.63, 3.8) is 0 Å². The number of halogens is 7. The molecule has 0 aliphatic carbocycles. The Balaban J connectivity index is 0.000000499. The van der Waals surface area contributed by atoms with Gasteiger partial charge in [0.05, 0.1) is 53.9 Å². The van der Waals surface area contributed by atoms with Crippen molar-refractivity contribution in [1.29, 1.82) is 0 Å². The zero-order chi connectivity index (χ0) is 89.3. The van der Waals surface area contributed by atoms with Crippen LogP contribution >= 0.6 is 27.4 Å². The van der Waals surface area contributed by atoms with Crippen LogP contribution in [0.25, 0.3) is 9.69 Å². The van der Waals surface area contributed by atoms with E-state index in [9.17, 15) is 41.0 Å². The average Bonchev–Trinajstić information content (AvgIpc) is 0.755. The van der Waals surface area contributed by atoms with Gasteiger partial charge >= 0.3 is 24.2 Å². The highest BCUT2D eigenvalue weighted by atomic mass is 35.7. The fourth-order valence-corrected chi connectivity index (χ4v) is 17.9. The van der Waals surface area contributed by atoms with E-state index in [4.69, 9.17) is 66.4 Å². The Hall–Kier alpha value is -7.19. The molecule has 0 saturated carbocycles. The maximum Gasteiger partial charge on any atom is 0.471 e. The number of rotatable bonds is 51. The Morgan fingerprint density at radius 2 is 0.742 bits per heavy atom. The fourth-order valence-electron chi connectivity index (χ4n) is 13.8. The Morgan fingerprint density at radius 1 is 0.433 bits per heavy atom. The number of methoxy groups -OCH3 is 4. The highest BCUT2D eigenvalue weighted by Crippen LogP contribution is 2.51. The zero-order valence-electron chi connectivity index (χ0n) is 73.6. The molecule has 4 atom stereocenters. The first-order valence-electron chi connectivity index (χ1n) is 41.7. The summed E-state index contributed by atoms with van der Waals surface area (Å²) in [7, 11) is 3.87. The van der Waals surface area contributed by atoms with Gasteiger partial charge in [-0.3, -0.25) is 14.5 Å². The number of aliphatic hydroxyl groups excluding tert-OH is 1. The van der Waals surface area contributed by atoms with Gasteiger partial charge in [-0.05, 0) is 208 Å². The first-order valence-corrected chi connectivity index (χ1v) is 44.9. The second kappa shape index (κ2) is 58.0. The summed E-state index contributed by atoms with van der Waals surface area (Å²) in [6, 6.07) is 53.5. The Kier molecular flexibility index (Phi) is 51.7. The number of alkyl halides is 6. The van der Waals surface area contributed by atoms with Crippen LogP contribution in [0.3, 0.4) is 0 Å². The highest BCUT2D eigenvalue weighted by Gasteiger charge is 2.43. The van der Waals surface area contributed by atoms with Gasteiger partial charge in [-0.25, -0.2) is 22.5 Å². The number of nitrogens with one attached hydrogen (secondary N) is 2. The maximum absolute atomic E-state index is 12.5. The third-order valence-corrected chi connectivity index (χ3v) is 24.2. The molecule has 19 nitrogen and oxygen atoms in total. The molecule has 0 spiro atoms. The van der Waals surface area contributed by atoms with Gasteiger partial charge in [0.1, 0.15) is 47.4 Å². The lowest BCUT2D eigenvalue weighted by atomic mass is 9.80. The molecule has 6 rings (SSSR count). The lowest BCUT2D eigenvalue weighted by Gasteiger charge is -2.39. The highest BCUT2D eigenvalue weighted by molar-refractivity contribution is 7.78. The molecule has 0 bridgehead atoms. The van der Waals surface area contributed by atoms with E-state index in [2.05, 4.69) is 126 Å². The van der Waals surface area contributed by atoms with Crippen LogP contribution in [-0.4, -0.2) is 180 Å². The number of hydrogen-bond acceptors (Lipinski definition) is 15. The minimum absolute atomic E-state index is 0.00357. The van der Waals surface area contributed by atoms with Crippen molar-refractivity contribution in [2.45, 2.75) is 252 Å². The van der Waals surface area contributed by atoms with Gasteiger partial charge in [-0.1, -0.05) is 180 Å². The van der Waals surface area contributed by atoms with Crippen molar-refractivity contribution >= 4 is 39.2 Å². The lowest BCUT2D eigenvalue weighted by molar-refractivity contribution is -0.173. The molecular formula is C92H134ClF6N7O12P2. The summed E-state index contributed by atoms with van der Waals surface area (Å²) in [6.07, 6.45) is -0.338. The normalized spacial score (nSPS) is 12.9. The molecule has 4 unspecified atom stereocenters. The van der Waals surface area contributed by atoms with Crippen LogP contribution in [0.15, 0.2) is 158 Å². The van der Waals surface area contributed by atoms with Crippen molar-refractivity contribution < 1.29 is 83.0 Å². The van der Waals surface area contributed by atoms with Gasteiger partial charge in [-0.2, -0.15) is 26.3 Å². The first-order chi connectivity index (χ1) is 57.2. The molecule has 3 N–H and O–H groups in total. The summed E-state index contributed by atoms with van der Waals surface area (Å²) in [5.74, 6) is -0.908. The Morgan fingerprint density at radius 3 is 1.04 bits per heavy atom. The number of ether oxygens (including phenoxy) is 6. The number of nitrogens with zero attached hydrogens (tertiary/aromatic N) is 5. The van der Waals surface area contributed by atoms with E-state index in [0.29, 0.717) is 69.4 Å². The van der Waals surface area contributed by atoms with Crippen LogP contribution < -0.4 is 29.6 Å². The number of carbonyl (C=O) groups excluding carboxylic acids is 2. The lowest BCUT2D eigenvalue weighted by Crippen LogP contribution is -2.38. The molecule has 0 saturated heterocycles. The van der Waals surface area contributed by atoms with Gasteiger partial charge in [0.2, 0.25) is 20.7 Å². The monoisotopic (exact) mass is 1740 g/mol. The van der Waals surface area contributed by atoms with Gasteiger partial charge in [0.15, 0.2) is 0 Å². The van der Waals surface area contributed by atoms with E-state index in [1.54, 1.807) is 28.4 Å². The molecule has 0 heterocycles. The molecule has 6 aromatic rings. The second-order valence-electron chi connectivity index (χ2n) is 30.4. The van der Waals surface area contributed by atoms with Gasteiger partial charge in [0.25, 0.3) is 8.53 Å². The molecule has 28 heteroatoms. The van der Waals surface area contributed by atoms with E-state index < -0.39 is 63.8 Å². The molecule has 6 aromatic carbocycles. The van der Waals surface area contributed by atoms with E-state index in [-0.39, 0.29) is 51.5 Å². The Bertz CT molecular complexity index is 3680. The predicted molar refractivity (Wildman–Crippen MR) is 472 cm³/mol.